The predicted octanol–water partition coefficient (Wildman–Crippen LogP) is 4.53. The molecule has 0 bridgehead atoms. The minimum absolute atomic E-state index is 0.0389. The third-order valence-electron chi connectivity index (χ3n) is 5.79. The van der Waals surface area contributed by atoms with Crippen LogP contribution in [0.1, 0.15) is 34.5 Å². The van der Waals surface area contributed by atoms with Crippen molar-refractivity contribution in [2.45, 2.75) is 31.6 Å². The first-order chi connectivity index (χ1) is 14.7. The molecular weight excluding hydrogens is 436 g/mol. The number of halogens is 1. The van der Waals surface area contributed by atoms with Gasteiger partial charge in [0, 0.05) is 35.6 Å². The summed E-state index contributed by atoms with van der Waals surface area (Å²) in [6.07, 6.45) is 1.67. The molecule has 2 heterocycles. The molecular formula is C23H25ClN2O4S. The first-order valence-corrected chi connectivity index (χ1v) is 12.1. The zero-order valence-electron chi connectivity index (χ0n) is 17.5. The number of nitrogens with zero attached hydrogens (tertiary/aromatic N) is 1. The van der Waals surface area contributed by atoms with Crippen LogP contribution in [0.3, 0.4) is 0 Å². The average molecular weight is 461 g/mol. The summed E-state index contributed by atoms with van der Waals surface area (Å²) >= 11 is 6.08. The molecule has 0 aliphatic carbocycles. The molecule has 31 heavy (non-hydrogen) atoms. The Kier molecular flexibility index (Phi) is 6.10. The lowest BCUT2D eigenvalue weighted by Gasteiger charge is -2.32. The van der Waals surface area contributed by atoms with Gasteiger partial charge in [0.05, 0.1) is 4.90 Å². The van der Waals surface area contributed by atoms with Gasteiger partial charge in [-0.1, -0.05) is 29.3 Å². The zero-order valence-corrected chi connectivity index (χ0v) is 19.1. The summed E-state index contributed by atoms with van der Waals surface area (Å²) in [7, 11) is -3.58. The van der Waals surface area contributed by atoms with Gasteiger partial charge in [0.15, 0.2) is 5.76 Å². The Morgan fingerprint density at radius 2 is 1.94 bits per heavy atom. The number of carbonyl (C=O) groups is 1. The summed E-state index contributed by atoms with van der Waals surface area (Å²) in [6.45, 7) is 5.15. The molecule has 1 aromatic heterocycles. The SMILES string of the molecule is Cc1ccc(S(=O)(=O)NCC2CCCN(C(=O)c3oc4ccc(Cl)cc4c3C)C2)cc1. The van der Waals surface area contributed by atoms with Crippen molar-refractivity contribution >= 4 is 38.5 Å². The second-order valence-corrected chi connectivity index (χ2v) is 10.3. The summed E-state index contributed by atoms with van der Waals surface area (Å²) in [4.78, 5) is 15.1. The van der Waals surface area contributed by atoms with E-state index in [-0.39, 0.29) is 23.3 Å². The topological polar surface area (TPSA) is 79.6 Å². The van der Waals surface area contributed by atoms with E-state index in [2.05, 4.69) is 4.72 Å². The van der Waals surface area contributed by atoms with Gasteiger partial charge in [-0.15, -0.1) is 0 Å². The van der Waals surface area contributed by atoms with Crippen LogP contribution in [0.25, 0.3) is 11.0 Å². The van der Waals surface area contributed by atoms with Crippen molar-refractivity contribution in [3.63, 3.8) is 0 Å². The van der Waals surface area contributed by atoms with E-state index in [1.165, 1.54) is 0 Å². The Bertz CT molecular complexity index is 1220. The van der Waals surface area contributed by atoms with Gasteiger partial charge in [-0.05, 0) is 62.9 Å². The number of nitrogens with one attached hydrogen (secondary N) is 1. The molecule has 0 saturated carbocycles. The van der Waals surface area contributed by atoms with Crippen LogP contribution >= 0.6 is 11.6 Å². The van der Waals surface area contributed by atoms with E-state index in [0.29, 0.717) is 29.5 Å². The van der Waals surface area contributed by atoms with Crippen molar-refractivity contribution in [1.82, 2.24) is 9.62 Å². The van der Waals surface area contributed by atoms with E-state index in [9.17, 15) is 13.2 Å². The molecule has 3 aromatic rings. The average Bonchev–Trinajstić information content (AvgIpc) is 3.08. The lowest BCUT2D eigenvalue weighted by molar-refractivity contribution is 0.0645. The highest BCUT2D eigenvalue weighted by Crippen LogP contribution is 2.29. The highest BCUT2D eigenvalue weighted by molar-refractivity contribution is 7.89. The monoisotopic (exact) mass is 460 g/mol. The summed E-state index contributed by atoms with van der Waals surface area (Å²) < 4.78 is 33.7. The molecule has 1 fully saturated rings. The van der Waals surface area contributed by atoms with Crippen LogP contribution in [0.5, 0.6) is 0 Å². The number of furan rings is 1. The Labute approximate surface area is 187 Å². The molecule has 4 rings (SSSR count). The van der Waals surface area contributed by atoms with Crippen LogP contribution in [-0.2, 0) is 10.0 Å². The second-order valence-electron chi connectivity index (χ2n) is 8.12. The first-order valence-electron chi connectivity index (χ1n) is 10.3. The fourth-order valence-electron chi connectivity index (χ4n) is 3.99. The fourth-order valence-corrected chi connectivity index (χ4v) is 5.27. The summed E-state index contributed by atoms with van der Waals surface area (Å²) in [5.41, 5.74) is 2.40. The highest BCUT2D eigenvalue weighted by atomic mass is 35.5. The number of hydrogen-bond donors (Lipinski definition) is 1. The van der Waals surface area contributed by atoms with Crippen molar-refractivity contribution in [2.24, 2.45) is 5.92 Å². The number of sulfonamides is 1. The number of benzene rings is 2. The largest absolute Gasteiger partial charge is 0.451 e. The molecule has 0 radical (unpaired) electrons. The summed E-state index contributed by atoms with van der Waals surface area (Å²) in [5, 5.41) is 1.42. The Balaban J connectivity index is 1.44. The maximum atomic E-state index is 13.1. The molecule has 1 aliphatic rings. The highest BCUT2D eigenvalue weighted by Gasteiger charge is 2.29. The molecule has 8 heteroatoms. The van der Waals surface area contributed by atoms with Crippen LogP contribution in [0.2, 0.25) is 5.02 Å². The summed E-state index contributed by atoms with van der Waals surface area (Å²) in [5.74, 6) is 0.186. The van der Waals surface area contributed by atoms with E-state index >= 15 is 0 Å². The van der Waals surface area contributed by atoms with Crippen LogP contribution < -0.4 is 4.72 Å². The molecule has 1 atom stereocenters. The fraction of sp³-hybridized carbons (Fsp3) is 0.348. The first kappa shape index (κ1) is 21.9. The standard InChI is InChI=1S/C23H25ClN2O4S/c1-15-5-8-19(9-6-15)31(28,29)25-13-17-4-3-11-26(14-17)23(27)22-16(2)20-12-18(24)7-10-21(20)30-22/h5-10,12,17,25H,3-4,11,13-14H2,1-2H3. The van der Waals surface area contributed by atoms with Gasteiger partial charge in [0.25, 0.3) is 5.91 Å². The third-order valence-corrected chi connectivity index (χ3v) is 7.47. The van der Waals surface area contributed by atoms with E-state index < -0.39 is 10.0 Å². The number of piperidine rings is 1. The van der Waals surface area contributed by atoms with E-state index in [1.54, 1.807) is 47.4 Å². The second kappa shape index (κ2) is 8.65. The molecule has 1 aliphatic heterocycles. The van der Waals surface area contributed by atoms with Gasteiger partial charge in [-0.3, -0.25) is 4.79 Å². The molecule has 1 unspecified atom stereocenters. The number of hydrogen-bond acceptors (Lipinski definition) is 4. The van der Waals surface area contributed by atoms with Crippen LogP contribution in [0.15, 0.2) is 51.8 Å². The maximum Gasteiger partial charge on any atom is 0.289 e. The van der Waals surface area contributed by atoms with Gasteiger partial charge in [0.1, 0.15) is 5.58 Å². The lowest BCUT2D eigenvalue weighted by Crippen LogP contribution is -2.43. The Morgan fingerprint density at radius 1 is 1.19 bits per heavy atom. The van der Waals surface area contributed by atoms with E-state index in [1.807, 2.05) is 13.8 Å². The number of likely N-dealkylation sites (tertiary alicyclic amines) is 1. The van der Waals surface area contributed by atoms with Gasteiger partial charge in [-0.25, -0.2) is 13.1 Å². The Morgan fingerprint density at radius 3 is 2.68 bits per heavy atom. The normalized spacial score (nSPS) is 17.3. The number of rotatable bonds is 5. The van der Waals surface area contributed by atoms with Crippen LogP contribution in [0.4, 0.5) is 0 Å². The van der Waals surface area contributed by atoms with Gasteiger partial charge >= 0.3 is 0 Å². The predicted molar refractivity (Wildman–Crippen MR) is 121 cm³/mol. The molecule has 1 amide bonds. The maximum absolute atomic E-state index is 13.1. The minimum atomic E-state index is -3.58. The van der Waals surface area contributed by atoms with E-state index in [4.69, 9.17) is 16.0 Å². The Hall–Kier alpha value is -2.35. The molecule has 164 valence electrons. The number of fused-ring (bicyclic) bond motifs is 1. The third kappa shape index (κ3) is 4.63. The number of amides is 1. The van der Waals surface area contributed by atoms with Gasteiger partial charge in [-0.2, -0.15) is 0 Å². The van der Waals surface area contributed by atoms with Crippen molar-refractivity contribution < 1.29 is 17.6 Å². The summed E-state index contributed by atoms with van der Waals surface area (Å²) in [6, 6.07) is 12.1. The smallest absolute Gasteiger partial charge is 0.289 e. The molecule has 1 N–H and O–H groups in total. The minimum Gasteiger partial charge on any atom is -0.451 e. The molecule has 0 spiro atoms. The number of carbonyl (C=O) groups excluding carboxylic acids is 1. The molecule has 1 saturated heterocycles. The quantitative estimate of drug-likeness (QED) is 0.606. The zero-order chi connectivity index (χ0) is 22.2. The molecule has 6 nitrogen and oxygen atoms in total. The van der Waals surface area contributed by atoms with Crippen molar-refractivity contribution in [2.75, 3.05) is 19.6 Å². The van der Waals surface area contributed by atoms with E-state index in [0.717, 1.165) is 29.4 Å². The van der Waals surface area contributed by atoms with Gasteiger partial charge in [0.2, 0.25) is 10.0 Å². The van der Waals surface area contributed by atoms with Crippen molar-refractivity contribution in [1.29, 1.82) is 0 Å². The number of aryl methyl sites for hydroxylation is 2. The van der Waals surface area contributed by atoms with Crippen LogP contribution in [0, 0.1) is 19.8 Å². The van der Waals surface area contributed by atoms with Crippen molar-refractivity contribution in [3.05, 3.63) is 64.4 Å². The molecule has 2 aromatic carbocycles. The van der Waals surface area contributed by atoms with Crippen LogP contribution in [-0.4, -0.2) is 38.9 Å². The van der Waals surface area contributed by atoms with Crippen molar-refractivity contribution in [3.8, 4) is 0 Å². The lowest BCUT2D eigenvalue weighted by atomic mass is 9.98. The van der Waals surface area contributed by atoms with Gasteiger partial charge < -0.3 is 9.32 Å².